The SMILES string of the molecule is CCOc1ccc(Nc2ccnc(Nc3ccc(F)c(Cl)c3)n2)cc1. The third-order valence-corrected chi connectivity index (χ3v) is 3.56. The van der Waals surface area contributed by atoms with Crippen molar-refractivity contribution in [2.24, 2.45) is 0 Å². The first kappa shape index (κ1) is 17.0. The van der Waals surface area contributed by atoms with Gasteiger partial charge < -0.3 is 15.4 Å². The van der Waals surface area contributed by atoms with Crippen molar-refractivity contribution in [2.75, 3.05) is 17.2 Å². The minimum Gasteiger partial charge on any atom is -0.494 e. The van der Waals surface area contributed by atoms with Gasteiger partial charge in [-0.3, -0.25) is 0 Å². The Morgan fingerprint density at radius 1 is 1.04 bits per heavy atom. The predicted octanol–water partition coefficient (Wildman–Crippen LogP) is 5.16. The molecule has 0 aliphatic heterocycles. The third kappa shape index (κ3) is 4.58. The number of rotatable bonds is 6. The number of nitrogens with zero attached hydrogens (tertiary/aromatic N) is 2. The van der Waals surface area contributed by atoms with Crippen LogP contribution in [0.2, 0.25) is 5.02 Å². The molecule has 0 saturated carbocycles. The molecule has 5 nitrogen and oxygen atoms in total. The summed E-state index contributed by atoms with van der Waals surface area (Å²) in [7, 11) is 0. The van der Waals surface area contributed by atoms with Crippen LogP contribution in [0, 0.1) is 5.82 Å². The zero-order valence-electron chi connectivity index (χ0n) is 13.5. The van der Waals surface area contributed by atoms with Crippen molar-refractivity contribution in [2.45, 2.75) is 6.92 Å². The molecule has 0 atom stereocenters. The highest BCUT2D eigenvalue weighted by atomic mass is 35.5. The van der Waals surface area contributed by atoms with Gasteiger partial charge in [-0.05, 0) is 55.5 Å². The Bertz CT molecular complexity index is 858. The van der Waals surface area contributed by atoms with E-state index in [1.165, 1.54) is 12.1 Å². The van der Waals surface area contributed by atoms with E-state index in [-0.39, 0.29) is 5.02 Å². The molecule has 0 radical (unpaired) electrons. The quantitative estimate of drug-likeness (QED) is 0.637. The lowest BCUT2D eigenvalue weighted by Crippen LogP contribution is -2.00. The second-order valence-electron chi connectivity index (χ2n) is 5.10. The van der Waals surface area contributed by atoms with Gasteiger partial charge in [0.1, 0.15) is 17.4 Å². The molecule has 128 valence electrons. The average Bonchev–Trinajstić information content (AvgIpc) is 2.61. The first-order chi connectivity index (χ1) is 12.1. The number of hydrogen-bond acceptors (Lipinski definition) is 5. The molecule has 2 N–H and O–H groups in total. The molecule has 0 bridgehead atoms. The molecule has 0 amide bonds. The Morgan fingerprint density at radius 3 is 2.52 bits per heavy atom. The summed E-state index contributed by atoms with van der Waals surface area (Å²) in [5.74, 6) is 1.33. The Morgan fingerprint density at radius 2 is 1.80 bits per heavy atom. The van der Waals surface area contributed by atoms with Gasteiger partial charge >= 0.3 is 0 Å². The van der Waals surface area contributed by atoms with E-state index in [1.807, 2.05) is 31.2 Å². The molecule has 0 aliphatic carbocycles. The molecular formula is C18H16ClFN4O. The molecule has 0 fully saturated rings. The van der Waals surface area contributed by atoms with Crippen LogP contribution in [-0.4, -0.2) is 16.6 Å². The topological polar surface area (TPSA) is 59.1 Å². The molecule has 0 spiro atoms. The molecule has 3 rings (SSSR count). The molecule has 2 aromatic carbocycles. The summed E-state index contributed by atoms with van der Waals surface area (Å²) >= 11 is 5.78. The van der Waals surface area contributed by atoms with Crippen LogP contribution in [-0.2, 0) is 0 Å². The highest BCUT2D eigenvalue weighted by Gasteiger charge is 2.04. The van der Waals surface area contributed by atoms with Crippen molar-refractivity contribution >= 4 is 34.7 Å². The zero-order valence-corrected chi connectivity index (χ0v) is 14.2. The Kier molecular flexibility index (Phi) is 5.30. The van der Waals surface area contributed by atoms with E-state index in [0.717, 1.165) is 11.4 Å². The van der Waals surface area contributed by atoms with Crippen molar-refractivity contribution in [3.8, 4) is 5.75 Å². The third-order valence-electron chi connectivity index (χ3n) is 3.27. The zero-order chi connectivity index (χ0) is 17.6. The van der Waals surface area contributed by atoms with Gasteiger partial charge in [-0.1, -0.05) is 11.6 Å². The minimum atomic E-state index is -0.473. The Labute approximate surface area is 149 Å². The highest BCUT2D eigenvalue weighted by molar-refractivity contribution is 6.31. The molecule has 0 unspecified atom stereocenters. The van der Waals surface area contributed by atoms with E-state index in [1.54, 1.807) is 18.3 Å². The number of hydrogen-bond donors (Lipinski definition) is 2. The van der Waals surface area contributed by atoms with Crippen molar-refractivity contribution in [1.29, 1.82) is 0 Å². The number of aromatic nitrogens is 2. The fraction of sp³-hybridized carbons (Fsp3) is 0.111. The van der Waals surface area contributed by atoms with Crippen molar-refractivity contribution in [1.82, 2.24) is 9.97 Å². The van der Waals surface area contributed by atoms with Crippen LogP contribution >= 0.6 is 11.6 Å². The summed E-state index contributed by atoms with van der Waals surface area (Å²) in [6.07, 6.45) is 1.62. The maximum absolute atomic E-state index is 13.2. The Hall–Kier alpha value is -2.86. The smallest absolute Gasteiger partial charge is 0.229 e. The lowest BCUT2D eigenvalue weighted by Gasteiger charge is -2.09. The van der Waals surface area contributed by atoms with Crippen LogP contribution < -0.4 is 15.4 Å². The number of benzene rings is 2. The van der Waals surface area contributed by atoms with Crippen molar-refractivity contribution in [3.63, 3.8) is 0 Å². The fourth-order valence-corrected chi connectivity index (χ4v) is 2.32. The van der Waals surface area contributed by atoms with Crippen molar-refractivity contribution < 1.29 is 9.13 Å². The summed E-state index contributed by atoms with van der Waals surface area (Å²) in [5, 5.41) is 6.21. The van der Waals surface area contributed by atoms with Gasteiger partial charge in [0.05, 0.1) is 11.6 Å². The second kappa shape index (κ2) is 7.81. The molecule has 3 aromatic rings. The highest BCUT2D eigenvalue weighted by Crippen LogP contribution is 2.23. The summed E-state index contributed by atoms with van der Waals surface area (Å²) in [5.41, 5.74) is 1.47. The summed E-state index contributed by atoms with van der Waals surface area (Å²) in [4.78, 5) is 8.52. The largest absolute Gasteiger partial charge is 0.494 e. The lowest BCUT2D eigenvalue weighted by molar-refractivity contribution is 0.340. The van der Waals surface area contributed by atoms with E-state index >= 15 is 0 Å². The average molecular weight is 359 g/mol. The number of halogens is 2. The fourth-order valence-electron chi connectivity index (χ4n) is 2.14. The van der Waals surface area contributed by atoms with Crippen molar-refractivity contribution in [3.05, 3.63) is 65.6 Å². The first-order valence-electron chi connectivity index (χ1n) is 7.69. The van der Waals surface area contributed by atoms with Crippen LogP contribution in [0.5, 0.6) is 5.75 Å². The minimum absolute atomic E-state index is 0.0358. The van der Waals surface area contributed by atoms with Gasteiger partial charge in [0, 0.05) is 17.6 Å². The van der Waals surface area contributed by atoms with Gasteiger partial charge in [0.15, 0.2) is 0 Å². The monoisotopic (exact) mass is 358 g/mol. The normalized spacial score (nSPS) is 10.4. The number of anilines is 4. The van der Waals surface area contributed by atoms with Gasteiger partial charge in [0.2, 0.25) is 5.95 Å². The van der Waals surface area contributed by atoms with Crippen LogP contribution in [0.25, 0.3) is 0 Å². The molecule has 7 heteroatoms. The van der Waals surface area contributed by atoms with E-state index in [2.05, 4.69) is 20.6 Å². The summed E-state index contributed by atoms with van der Waals surface area (Å²) < 4.78 is 18.6. The molecule has 0 saturated heterocycles. The lowest BCUT2D eigenvalue weighted by atomic mass is 10.3. The standard InChI is InChI=1S/C18H16ClFN4O/c1-2-25-14-6-3-12(4-7-14)22-17-9-10-21-18(24-17)23-13-5-8-16(20)15(19)11-13/h3-11H,2H2,1H3,(H2,21,22,23,24). The molecule has 25 heavy (non-hydrogen) atoms. The van der Waals surface area contributed by atoms with Gasteiger partial charge in [-0.25, -0.2) is 9.37 Å². The summed E-state index contributed by atoms with van der Waals surface area (Å²) in [6, 6.07) is 13.6. The number of nitrogens with one attached hydrogen (secondary N) is 2. The van der Waals surface area contributed by atoms with Gasteiger partial charge in [-0.2, -0.15) is 4.98 Å². The van der Waals surface area contributed by atoms with Crippen LogP contribution in [0.1, 0.15) is 6.92 Å². The van der Waals surface area contributed by atoms with E-state index in [9.17, 15) is 4.39 Å². The number of ether oxygens (including phenoxy) is 1. The predicted molar refractivity (Wildman–Crippen MR) is 97.6 cm³/mol. The maximum atomic E-state index is 13.2. The summed E-state index contributed by atoms with van der Waals surface area (Å²) in [6.45, 7) is 2.57. The van der Waals surface area contributed by atoms with Crippen LogP contribution in [0.3, 0.4) is 0 Å². The molecule has 1 aromatic heterocycles. The molecule has 0 aliphatic rings. The van der Waals surface area contributed by atoms with Gasteiger partial charge in [0.25, 0.3) is 0 Å². The second-order valence-corrected chi connectivity index (χ2v) is 5.51. The maximum Gasteiger partial charge on any atom is 0.229 e. The van der Waals surface area contributed by atoms with E-state index in [4.69, 9.17) is 16.3 Å². The van der Waals surface area contributed by atoms with E-state index in [0.29, 0.717) is 24.1 Å². The Balaban J connectivity index is 1.71. The van der Waals surface area contributed by atoms with Crippen LogP contribution in [0.15, 0.2) is 54.7 Å². The van der Waals surface area contributed by atoms with E-state index < -0.39 is 5.82 Å². The van der Waals surface area contributed by atoms with Gasteiger partial charge in [-0.15, -0.1) is 0 Å². The molecule has 1 heterocycles. The first-order valence-corrected chi connectivity index (χ1v) is 8.07. The molecular weight excluding hydrogens is 343 g/mol. The van der Waals surface area contributed by atoms with Crippen LogP contribution in [0.4, 0.5) is 27.5 Å².